The Labute approximate surface area is 378 Å². The number of carbonyl (C=O) groups excluding carboxylic acids is 2. The highest BCUT2D eigenvalue weighted by Gasteiger charge is 2.24. The number of esters is 1. The van der Waals surface area contributed by atoms with Crippen LogP contribution in [0.15, 0.2) is 60.8 Å². The van der Waals surface area contributed by atoms with Crippen LogP contribution < -0.4 is 5.32 Å². The number of hydrogen-bond donors (Lipinski definition) is 3. The summed E-state index contributed by atoms with van der Waals surface area (Å²) in [5.41, 5.74) is 0. The normalized spacial score (nSPS) is 13.7. The lowest BCUT2D eigenvalue weighted by Crippen LogP contribution is -2.46. The zero-order chi connectivity index (χ0) is 44.5. The van der Waals surface area contributed by atoms with Crippen LogP contribution in [0.2, 0.25) is 0 Å². The number of aliphatic hydroxyl groups excluding tert-OH is 2. The van der Waals surface area contributed by atoms with Gasteiger partial charge in [0.15, 0.2) is 0 Å². The van der Waals surface area contributed by atoms with Crippen LogP contribution in [0.4, 0.5) is 0 Å². The lowest BCUT2D eigenvalue weighted by atomic mass is 10.0. The Morgan fingerprint density at radius 1 is 0.508 bits per heavy atom. The lowest BCUT2D eigenvalue weighted by Gasteiger charge is -2.24. The van der Waals surface area contributed by atoms with Crippen molar-refractivity contribution in [2.24, 2.45) is 0 Å². The fourth-order valence-electron chi connectivity index (χ4n) is 7.76. The van der Waals surface area contributed by atoms with E-state index in [2.05, 4.69) is 86.8 Å². The molecule has 0 saturated carbocycles. The van der Waals surface area contributed by atoms with Gasteiger partial charge in [0, 0.05) is 6.42 Å². The van der Waals surface area contributed by atoms with Gasteiger partial charge in [-0.2, -0.15) is 0 Å². The Kier molecular flexibility index (Phi) is 46.6. The van der Waals surface area contributed by atoms with E-state index in [-0.39, 0.29) is 24.9 Å². The minimum absolute atomic E-state index is 0.0598. The number of hydrogen-bond acceptors (Lipinski definition) is 5. The number of amides is 1. The molecule has 354 valence electrons. The topological polar surface area (TPSA) is 95.9 Å². The molecule has 61 heavy (non-hydrogen) atoms. The molecule has 6 nitrogen and oxygen atoms in total. The molecule has 3 atom stereocenters. The molecule has 0 saturated heterocycles. The molecule has 0 bridgehead atoms. The minimum Gasteiger partial charge on any atom is -0.462 e. The van der Waals surface area contributed by atoms with Gasteiger partial charge in [0.05, 0.1) is 25.2 Å². The molecule has 0 aromatic heterocycles. The van der Waals surface area contributed by atoms with Gasteiger partial charge < -0.3 is 20.3 Å². The monoisotopic (exact) mass is 854 g/mol. The van der Waals surface area contributed by atoms with E-state index in [0.717, 1.165) is 103 Å². The molecule has 0 aliphatic carbocycles. The van der Waals surface area contributed by atoms with Crippen molar-refractivity contribution in [3.63, 3.8) is 0 Å². The largest absolute Gasteiger partial charge is 0.462 e. The summed E-state index contributed by atoms with van der Waals surface area (Å²) < 4.78 is 5.92. The summed E-state index contributed by atoms with van der Waals surface area (Å²) >= 11 is 0. The molecule has 0 fully saturated rings. The Balaban J connectivity index is 4.57. The number of carbonyl (C=O) groups is 2. The van der Waals surface area contributed by atoms with E-state index in [9.17, 15) is 19.8 Å². The molecule has 0 spiro atoms. The average molecular weight is 854 g/mol. The SMILES string of the molecule is CC/C=C/C=C/C=C/CCCCCCCC(CC(=O)NC(CO)C(O)CCCCCCCCCCCCCCCCC)OC(=O)CCCCCCCCC/C=C/C/C=C/CC. The van der Waals surface area contributed by atoms with Crippen LogP contribution in [0, 0.1) is 0 Å². The number of nitrogens with one attached hydrogen (secondary N) is 1. The lowest BCUT2D eigenvalue weighted by molar-refractivity contribution is -0.151. The number of aliphatic hydroxyl groups is 2. The van der Waals surface area contributed by atoms with Gasteiger partial charge in [-0.15, -0.1) is 0 Å². The molecular formula is C55H99NO5. The molecule has 0 aromatic rings. The Morgan fingerprint density at radius 3 is 1.51 bits per heavy atom. The molecule has 0 radical (unpaired) electrons. The highest BCUT2D eigenvalue weighted by molar-refractivity contribution is 5.77. The molecule has 0 aliphatic rings. The summed E-state index contributed by atoms with van der Waals surface area (Å²) in [5.74, 6) is -0.501. The van der Waals surface area contributed by atoms with Crippen molar-refractivity contribution >= 4 is 11.9 Å². The Morgan fingerprint density at radius 2 is 0.967 bits per heavy atom. The zero-order valence-electron chi connectivity index (χ0n) is 40.3. The van der Waals surface area contributed by atoms with Crippen LogP contribution in [-0.4, -0.2) is 46.9 Å². The second-order valence-corrected chi connectivity index (χ2v) is 17.6. The van der Waals surface area contributed by atoms with Crippen molar-refractivity contribution < 1.29 is 24.5 Å². The van der Waals surface area contributed by atoms with Crippen LogP contribution in [0.3, 0.4) is 0 Å². The maximum absolute atomic E-state index is 13.2. The van der Waals surface area contributed by atoms with Crippen LogP contribution in [0.5, 0.6) is 0 Å². The van der Waals surface area contributed by atoms with Gasteiger partial charge in [-0.3, -0.25) is 9.59 Å². The summed E-state index contributed by atoms with van der Waals surface area (Å²) in [6.07, 6.45) is 59.9. The first-order valence-corrected chi connectivity index (χ1v) is 26.0. The second-order valence-electron chi connectivity index (χ2n) is 17.6. The van der Waals surface area contributed by atoms with Gasteiger partial charge in [0.2, 0.25) is 5.91 Å². The van der Waals surface area contributed by atoms with Crippen molar-refractivity contribution in [3.05, 3.63) is 60.8 Å². The highest BCUT2D eigenvalue weighted by Crippen LogP contribution is 2.18. The van der Waals surface area contributed by atoms with Crippen LogP contribution in [0.25, 0.3) is 0 Å². The molecule has 0 rings (SSSR count). The van der Waals surface area contributed by atoms with E-state index < -0.39 is 18.2 Å². The summed E-state index contributed by atoms with van der Waals surface area (Å²) in [6.45, 7) is 6.25. The van der Waals surface area contributed by atoms with Crippen LogP contribution >= 0.6 is 0 Å². The van der Waals surface area contributed by atoms with Gasteiger partial charge in [0.1, 0.15) is 6.10 Å². The maximum Gasteiger partial charge on any atom is 0.306 e. The minimum atomic E-state index is -0.796. The predicted molar refractivity (Wildman–Crippen MR) is 264 cm³/mol. The van der Waals surface area contributed by atoms with Gasteiger partial charge in [-0.05, 0) is 70.6 Å². The molecular weight excluding hydrogens is 755 g/mol. The predicted octanol–water partition coefficient (Wildman–Crippen LogP) is 15.6. The van der Waals surface area contributed by atoms with E-state index in [1.807, 2.05) is 0 Å². The molecule has 3 N–H and O–H groups in total. The van der Waals surface area contributed by atoms with E-state index in [1.54, 1.807) is 0 Å². The molecule has 1 amide bonds. The third kappa shape index (κ3) is 44.0. The molecule has 3 unspecified atom stereocenters. The van der Waals surface area contributed by atoms with Crippen molar-refractivity contribution in [3.8, 4) is 0 Å². The van der Waals surface area contributed by atoms with Gasteiger partial charge in [-0.25, -0.2) is 0 Å². The maximum atomic E-state index is 13.2. The smallest absolute Gasteiger partial charge is 0.306 e. The first kappa shape index (κ1) is 58.6. The number of unbranched alkanes of at least 4 members (excludes halogenated alkanes) is 26. The standard InChI is InChI=1S/C55H99NO5/c1-4-7-10-13-16-19-22-25-27-29-32-35-38-41-44-47-53(58)52(50-57)56-54(59)49-51(46-43-40-37-34-31-28-24-21-18-15-12-9-6-3)61-55(60)48-45-42-39-36-33-30-26-23-20-17-14-11-8-5-2/h8-9,11-12,15,17-18,20-21,24,51-53,57-58H,4-7,10,13-14,16,19,22-23,25-50H2,1-3H3,(H,56,59)/b11-8+,12-9+,18-15+,20-17+,24-21+. The summed E-state index contributed by atoms with van der Waals surface area (Å²) in [7, 11) is 0. The third-order valence-electron chi connectivity index (χ3n) is 11.7. The summed E-state index contributed by atoms with van der Waals surface area (Å²) in [4.78, 5) is 26.1. The van der Waals surface area contributed by atoms with Crippen LogP contribution in [0.1, 0.15) is 252 Å². The quantitative estimate of drug-likeness (QED) is 0.0245. The van der Waals surface area contributed by atoms with E-state index in [1.165, 1.54) is 103 Å². The van der Waals surface area contributed by atoms with Crippen molar-refractivity contribution in [2.75, 3.05) is 6.61 Å². The van der Waals surface area contributed by atoms with Crippen molar-refractivity contribution in [2.45, 2.75) is 270 Å². The Bertz CT molecular complexity index is 1090. The van der Waals surface area contributed by atoms with Crippen LogP contribution in [-0.2, 0) is 14.3 Å². The fourth-order valence-corrected chi connectivity index (χ4v) is 7.76. The first-order valence-electron chi connectivity index (χ1n) is 26.0. The van der Waals surface area contributed by atoms with Gasteiger partial charge >= 0.3 is 5.97 Å². The molecule has 0 aromatic carbocycles. The second kappa shape index (κ2) is 48.6. The molecule has 0 heterocycles. The van der Waals surface area contributed by atoms with Gasteiger partial charge in [0.25, 0.3) is 0 Å². The fraction of sp³-hybridized carbons (Fsp3) is 0.782. The summed E-state index contributed by atoms with van der Waals surface area (Å²) in [5, 5.41) is 23.8. The highest BCUT2D eigenvalue weighted by atomic mass is 16.5. The molecule has 6 heteroatoms. The summed E-state index contributed by atoms with van der Waals surface area (Å²) in [6, 6.07) is -0.711. The van der Waals surface area contributed by atoms with Crippen molar-refractivity contribution in [1.82, 2.24) is 5.32 Å². The zero-order valence-corrected chi connectivity index (χ0v) is 40.3. The van der Waals surface area contributed by atoms with E-state index in [4.69, 9.17) is 4.74 Å². The average Bonchev–Trinajstić information content (AvgIpc) is 3.25. The Hall–Kier alpha value is -2.44. The van der Waals surface area contributed by atoms with Crippen molar-refractivity contribution in [1.29, 1.82) is 0 Å². The third-order valence-corrected chi connectivity index (χ3v) is 11.7. The first-order chi connectivity index (χ1) is 30.0. The number of rotatable bonds is 46. The van der Waals surface area contributed by atoms with Gasteiger partial charge in [-0.1, -0.05) is 229 Å². The van der Waals surface area contributed by atoms with E-state index in [0.29, 0.717) is 19.3 Å². The van der Waals surface area contributed by atoms with E-state index >= 15 is 0 Å². The number of ether oxygens (including phenoxy) is 1. The molecule has 0 aliphatic heterocycles. The number of allylic oxidation sites excluding steroid dienone is 10.